The molecule has 5 fully saturated rings. The van der Waals surface area contributed by atoms with Crippen molar-refractivity contribution < 1.29 is 42.7 Å². The number of piperidine rings is 3. The summed E-state index contributed by atoms with van der Waals surface area (Å²) in [5.74, 6) is -2.82. The Morgan fingerprint density at radius 2 is 1.46 bits per heavy atom. The van der Waals surface area contributed by atoms with Gasteiger partial charge in [-0.1, -0.05) is 23.7 Å². The zero-order chi connectivity index (χ0) is 49.5. The van der Waals surface area contributed by atoms with Gasteiger partial charge in [-0.15, -0.1) is 0 Å². The van der Waals surface area contributed by atoms with Crippen molar-refractivity contribution in [2.75, 3.05) is 72.1 Å². The van der Waals surface area contributed by atoms with Crippen molar-refractivity contribution in [1.29, 1.82) is 0 Å². The molecule has 0 saturated carbocycles. The lowest BCUT2D eigenvalue weighted by atomic mass is 9.90. The number of imide groups is 2. The highest BCUT2D eigenvalue weighted by molar-refractivity contribution is 6.31. The van der Waals surface area contributed by atoms with Crippen LogP contribution in [0.2, 0.25) is 5.02 Å². The summed E-state index contributed by atoms with van der Waals surface area (Å²) in [7, 11) is 0. The van der Waals surface area contributed by atoms with Gasteiger partial charge in [-0.25, -0.2) is 9.37 Å². The molecule has 2 atom stereocenters. The molecule has 2 unspecified atom stereocenters. The number of nitrogens with one attached hydrogen (secondary N) is 3. The molecule has 6 amide bonds. The first kappa shape index (κ1) is 48.0. The number of aromatic amines is 2. The molecule has 372 valence electrons. The summed E-state index contributed by atoms with van der Waals surface area (Å²) in [5.41, 5.74) is 3.51. The van der Waals surface area contributed by atoms with Crippen LogP contribution in [0.15, 0.2) is 70.6 Å². The Morgan fingerprint density at radius 1 is 0.789 bits per heavy atom. The number of halogens is 2. The number of rotatable bonds is 13. The van der Waals surface area contributed by atoms with E-state index >= 15 is 0 Å². The number of aromatic nitrogens is 4. The molecule has 21 heteroatoms. The van der Waals surface area contributed by atoms with Gasteiger partial charge in [-0.05, 0) is 98.9 Å². The Morgan fingerprint density at radius 3 is 2.15 bits per heavy atom. The highest BCUT2D eigenvalue weighted by Crippen LogP contribution is 2.34. The maximum Gasteiger partial charge on any atom is 0.277 e. The predicted octanol–water partition coefficient (Wildman–Crippen LogP) is 2.18. The molecule has 3 N–H and O–H groups in total. The maximum atomic E-state index is 14.0. The fourth-order valence-corrected chi connectivity index (χ4v) is 11.0. The van der Waals surface area contributed by atoms with Crippen LogP contribution in [-0.4, -0.2) is 170 Å². The summed E-state index contributed by atoms with van der Waals surface area (Å²) >= 11 is 6.20. The zero-order valence-electron chi connectivity index (χ0n) is 39.0. The highest BCUT2D eigenvalue weighted by Gasteiger charge is 2.49. The summed E-state index contributed by atoms with van der Waals surface area (Å²) in [6.07, 6.45) is 6.59. The van der Waals surface area contributed by atoms with Crippen LogP contribution in [-0.2, 0) is 51.1 Å². The first-order valence-electron chi connectivity index (χ1n) is 24.3. The Hall–Kier alpha value is -6.61. The number of hydrogen-bond acceptors (Lipinski definition) is 12. The molecule has 2 aromatic heterocycles. The summed E-state index contributed by atoms with van der Waals surface area (Å²) in [4.78, 5) is 121. The molecule has 2 aromatic carbocycles. The second-order valence-electron chi connectivity index (χ2n) is 19.2. The molecular weight excluding hydrogens is 939 g/mol. The second kappa shape index (κ2) is 20.2. The van der Waals surface area contributed by atoms with Crippen LogP contribution in [0.5, 0.6) is 0 Å². The number of ketones is 1. The smallest absolute Gasteiger partial charge is 0.277 e. The van der Waals surface area contributed by atoms with Crippen LogP contribution in [0.4, 0.5) is 4.39 Å². The quantitative estimate of drug-likeness (QED) is 0.164. The molecule has 19 nitrogen and oxygen atoms in total. The number of amides is 6. The number of aryl methyl sites for hydroxylation is 1. The SMILES string of the molecule is O=C1CCC(N2C(=O)C3=CC(=O)C(N4CCN(CC5CCN(C(=O)COCC(=O)N6CCC(c7[nH]n(-c8nc9ccc(Cl)cc9[nH]8)c(=O)c7CCc7ccc(F)cc7)CC6)CC5)CC4)C=C3C2=O)C(=O)N1. The fourth-order valence-electron chi connectivity index (χ4n) is 10.8. The van der Waals surface area contributed by atoms with Crippen molar-refractivity contribution >= 4 is 63.9 Å². The molecule has 71 heavy (non-hydrogen) atoms. The van der Waals surface area contributed by atoms with E-state index in [0.29, 0.717) is 112 Å². The van der Waals surface area contributed by atoms with Crippen molar-refractivity contribution in [1.82, 2.24) is 49.6 Å². The van der Waals surface area contributed by atoms with E-state index in [2.05, 4.69) is 25.3 Å². The van der Waals surface area contributed by atoms with E-state index < -0.39 is 35.7 Å². The molecule has 6 aliphatic rings. The first-order chi connectivity index (χ1) is 34.3. The molecule has 0 radical (unpaired) electrons. The average Bonchev–Trinajstić information content (AvgIpc) is 4.01. The number of imidazole rings is 1. The van der Waals surface area contributed by atoms with E-state index in [4.69, 9.17) is 16.3 Å². The average molecular weight is 993 g/mol. The van der Waals surface area contributed by atoms with Gasteiger partial charge in [0.1, 0.15) is 25.1 Å². The van der Waals surface area contributed by atoms with Crippen molar-refractivity contribution in [3.63, 3.8) is 0 Å². The van der Waals surface area contributed by atoms with Crippen LogP contribution in [0.25, 0.3) is 17.0 Å². The van der Waals surface area contributed by atoms with E-state index in [1.807, 2.05) is 4.90 Å². The van der Waals surface area contributed by atoms with Crippen molar-refractivity contribution in [2.24, 2.45) is 5.92 Å². The van der Waals surface area contributed by atoms with Crippen molar-refractivity contribution in [2.45, 2.75) is 69.4 Å². The number of carbonyl (C=O) groups is 7. The van der Waals surface area contributed by atoms with Gasteiger partial charge in [-0.2, -0.15) is 4.68 Å². The topological polar surface area (TPSA) is 223 Å². The zero-order valence-corrected chi connectivity index (χ0v) is 39.8. The second-order valence-corrected chi connectivity index (χ2v) is 19.7. The number of likely N-dealkylation sites (tertiary alicyclic amines) is 3. The van der Waals surface area contributed by atoms with Gasteiger partial charge >= 0.3 is 0 Å². The summed E-state index contributed by atoms with van der Waals surface area (Å²) in [5, 5.41) is 6.05. The normalized spacial score (nSPS) is 22.1. The van der Waals surface area contributed by atoms with Gasteiger partial charge in [0.05, 0.1) is 28.2 Å². The summed E-state index contributed by atoms with van der Waals surface area (Å²) in [6, 6.07) is 9.69. The third-order valence-corrected chi connectivity index (χ3v) is 15.1. The Labute approximate surface area is 411 Å². The van der Waals surface area contributed by atoms with Crippen molar-refractivity contribution in [3.8, 4) is 5.95 Å². The van der Waals surface area contributed by atoms with E-state index in [1.165, 1.54) is 22.9 Å². The monoisotopic (exact) mass is 992 g/mol. The van der Waals surface area contributed by atoms with Gasteiger partial charge in [0.15, 0.2) is 5.78 Å². The lowest BCUT2D eigenvalue weighted by Gasteiger charge is -2.40. The predicted molar refractivity (Wildman–Crippen MR) is 255 cm³/mol. The number of hydrogen-bond donors (Lipinski definition) is 3. The molecule has 7 heterocycles. The van der Waals surface area contributed by atoms with Crippen LogP contribution in [0, 0.1) is 11.7 Å². The molecular formula is C50H54ClFN10O9. The Bertz CT molecular complexity index is 2920. The van der Waals surface area contributed by atoms with Gasteiger partial charge in [0.2, 0.25) is 29.6 Å². The molecule has 5 aliphatic heterocycles. The van der Waals surface area contributed by atoms with Gasteiger partial charge in [0.25, 0.3) is 17.4 Å². The third kappa shape index (κ3) is 10.0. The number of ether oxygens (including phenoxy) is 1. The number of carbonyl (C=O) groups excluding carboxylic acids is 7. The van der Waals surface area contributed by atoms with E-state index in [0.717, 1.165) is 35.5 Å². The minimum Gasteiger partial charge on any atom is -0.362 e. The molecule has 1 aliphatic carbocycles. The standard InChI is InChI=1S/C50H54ClFN10O9/c51-32-4-8-37-38(23-32)54-50(53-37)62-49(70)34(7-3-29-1-5-33(52)6-2-29)45(56-62)31-13-17-60(18-14-31)44(66)28-71-27-43(65)59-15-11-30(12-16-59)26-57-19-21-58(22-20-57)40-24-35-36(25-41(40)63)48(69)61(47(35)68)39-9-10-42(64)55-46(39)67/h1-2,4-6,8,23-25,30-31,39-40,56H,3,7,9-22,26-28H2,(H,53,54)(H,55,64,67). The molecule has 0 spiro atoms. The molecule has 10 rings (SSSR count). The lowest BCUT2D eigenvalue weighted by molar-refractivity contribution is -0.149. The van der Waals surface area contributed by atoms with Crippen LogP contribution in [0.1, 0.15) is 61.3 Å². The fraction of sp³-hybridized carbons (Fsp3) is 0.460. The number of fused-ring (bicyclic) bond motifs is 2. The minimum atomic E-state index is -1.10. The van der Waals surface area contributed by atoms with Crippen LogP contribution < -0.4 is 10.9 Å². The number of nitrogens with zero attached hydrogens (tertiary/aromatic N) is 7. The Kier molecular flexibility index (Phi) is 13.7. The minimum absolute atomic E-state index is 0.0109. The van der Waals surface area contributed by atoms with E-state index in [1.54, 1.807) is 46.2 Å². The molecule has 5 saturated heterocycles. The van der Waals surface area contributed by atoms with Crippen LogP contribution >= 0.6 is 11.6 Å². The first-order valence-corrected chi connectivity index (χ1v) is 24.7. The molecule has 0 bridgehead atoms. The molecule has 4 aromatic rings. The number of benzene rings is 2. The van der Waals surface area contributed by atoms with Crippen LogP contribution in [0.3, 0.4) is 0 Å². The number of piperazine rings is 1. The largest absolute Gasteiger partial charge is 0.362 e. The van der Waals surface area contributed by atoms with Gasteiger partial charge < -0.3 is 24.4 Å². The lowest BCUT2D eigenvalue weighted by Crippen LogP contribution is -2.54. The summed E-state index contributed by atoms with van der Waals surface area (Å²) in [6.45, 7) is 5.02. The highest BCUT2D eigenvalue weighted by atomic mass is 35.5. The van der Waals surface area contributed by atoms with E-state index in [-0.39, 0.29) is 72.1 Å². The summed E-state index contributed by atoms with van der Waals surface area (Å²) < 4.78 is 20.7. The Balaban J connectivity index is 0.659. The van der Waals surface area contributed by atoms with Gasteiger partial charge in [0, 0.05) is 87.5 Å². The van der Waals surface area contributed by atoms with Crippen molar-refractivity contribution in [3.05, 3.63) is 104 Å². The van der Waals surface area contributed by atoms with E-state index in [9.17, 15) is 42.7 Å². The van der Waals surface area contributed by atoms with Gasteiger partial charge in [-0.3, -0.25) is 58.6 Å². The third-order valence-electron chi connectivity index (χ3n) is 14.8. The maximum absolute atomic E-state index is 14.0. The number of H-pyrrole nitrogens is 2.